The summed E-state index contributed by atoms with van der Waals surface area (Å²) in [6.07, 6.45) is 8.45. The first-order valence-electron chi connectivity index (χ1n) is 9.30. The Balaban J connectivity index is 1.44. The Kier molecular flexibility index (Phi) is 5.38. The van der Waals surface area contributed by atoms with Crippen LogP contribution in [0.2, 0.25) is 0 Å². The molecule has 0 bridgehead atoms. The van der Waals surface area contributed by atoms with Crippen LogP contribution in [0, 0.1) is 5.92 Å². The molecule has 2 aromatic heterocycles. The first kappa shape index (κ1) is 17.6. The van der Waals surface area contributed by atoms with Crippen LogP contribution in [0.25, 0.3) is 0 Å². The second-order valence-electron chi connectivity index (χ2n) is 6.76. The van der Waals surface area contributed by atoms with Gasteiger partial charge in [-0.2, -0.15) is 0 Å². The zero-order valence-corrected chi connectivity index (χ0v) is 15.1. The lowest BCUT2D eigenvalue weighted by molar-refractivity contribution is 0.102. The topological polar surface area (TPSA) is 105 Å². The summed E-state index contributed by atoms with van der Waals surface area (Å²) in [7, 11) is 0. The fourth-order valence-electron chi connectivity index (χ4n) is 3.13. The quantitative estimate of drug-likeness (QED) is 0.790. The fourth-order valence-corrected chi connectivity index (χ4v) is 3.13. The van der Waals surface area contributed by atoms with Gasteiger partial charge in [0.05, 0.1) is 19.4 Å². The number of hydrogen-bond acceptors (Lipinski definition) is 8. The van der Waals surface area contributed by atoms with Gasteiger partial charge in [-0.15, -0.1) is 0 Å². The summed E-state index contributed by atoms with van der Waals surface area (Å²) in [5.74, 6) is 1.54. The number of ether oxygens (including phenoxy) is 1. The zero-order chi connectivity index (χ0) is 18.5. The van der Waals surface area contributed by atoms with Crippen LogP contribution in [0.4, 0.5) is 17.5 Å². The summed E-state index contributed by atoms with van der Waals surface area (Å²) in [6.45, 7) is 3.57. The molecule has 1 amide bonds. The molecule has 2 aromatic rings. The van der Waals surface area contributed by atoms with Crippen LogP contribution in [0.3, 0.4) is 0 Å². The maximum absolute atomic E-state index is 12.7. The largest absolute Gasteiger partial charge is 0.378 e. The average molecular weight is 369 g/mol. The predicted octanol–water partition coefficient (Wildman–Crippen LogP) is 1.57. The van der Waals surface area contributed by atoms with Crippen molar-refractivity contribution in [2.45, 2.75) is 19.3 Å². The van der Waals surface area contributed by atoms with E-state index in [-0.39, 0.29) is 5.91 Å². The Labute approximate surface area is 157 Å². The first-order chi connectivity index (χ1) is 13.3. The SMILES string of the molecule is O=C(Nc1cncnc1N1CCOCC1)c1ccnc(NCC2CCC2)n1. The van der Waals surface area contributed by atoms with E-state index in [0.717, 1.165) is 19.6 Å². The van der Waals surface area contributed by atoms with Crippen molar-refractivity contribution in [3.63, 3.8) is 0 Å². The molecule has 0 unspecified atom stereocenters. The van der Waals surface area contributed by atoms with E-state index in [0.29, 0.717) is 42.3 Å². The molecule has 2 N–H and O–H groups in total. The monoisotopic (exact) mass is 369 g/mol. The minimum Gasteiger partial charge on any atom is -0.378 e. The number of morpholine rings is 1. The van der Waals surface area contributed by atoms with Gasteiger partial charge in [-0.25, -0.2) is 19.9 Å². The lowest BCUT2D eigenvalue weighted by Crippen LogP contribution is -2.37. The average Bonchev–Trinajstić information content (AvgIpc) is 2.68. The Morgan fingerprint density at radius 1 is 1.26 bits per heavy atom. The molecule has 142 valence electrons. The van der Waals surface area contributed by atoms with Gasteiger partial charge < -0.3 is 20.3 Å². The molecule has 2 aliphatic rings. The minimum atomic E-state index is -0.312. The van der Waals surface area contributed by atoms with Gasteiger partial charge in [-0.1, -0.05) is 6.42 Å². The molecular weight excluding hydrogens is 346 g/mol. The third-order valence-electron chi connectivity index (χ3n) is 4.91. The van der Waals surface area contributed by atoms with E-state index in [4.69, 9.17) is 4.74 Å². The molecule has 4 rings (SSSR count). The Morgan fingerprint density at radius 2 is 2.11 bits per heavy atom. The maximum atomic E-state index is 12.7. The van der Waals surface area contributed by atoms with Gasteiger partial charge in [0, 0.05) is 25.8 Å². The van der Waals surface area contributed by atoms with Crippen molar-refractivity contribution in [3.05, 3.63) is 30.5 Å². The van der Waals surface area contributed by atoms with Crippen LogP contribution in [-0.4, -0.2) is 58.7 Å². The molecule has 2 fully saturated rings. The van der Waals surface area contributed by atoms with Crippen molar-refractivity contribution >= 4 is 23.4 Å². The van der Waals surface area contributed by atoms with Crippen molar-refractivity contribution < 1.29 is 9.53 Å². The molecular formula is C18H23N7O2. The molecule has 1 aliphatic heterocycles. The van der Waals surface area contributed by atoms with Gasteiger partial charge in [0.25, 0.3) is 5.91 Å². The van der Waals surface area contributed by atoms with E-state index < -0.39 is 0 Å². The van der Waals surface area contributed by atoms with Crippen LogP contribution in [0.15, 0.2) is 24.8 Å². The smallest absolute Gasteiger partial charge is 0.274 e. The number of carbonyl (C=O) groups is 1. The summed E-state index contributed by atoms with van der Waals surface area (Å²) in [6, 6.07) is 1.60. The van der Waals surface area contributed by atoms with Crippen molar-refractivity contribution in [1.29, 1.82) is 0 Å². The molecule has 9 nitrogen and oxygen atoms in total. The Hall–Kier alpha value is -2.81. The zero-order valence-electron chi connectivity index (χ0n) is 15.1. The molecule has 0 radical (unpaired) electrons. The molecule has 1 saturated carbocycles. The predicted molar refractivity (Wildman–Crippen MR) is 101 cm³/mol. The van der Waals surface area contributed by atoms with Crippen LogP contribution < -0.4 is 15.5 Å². The van der Waals surface area contributed by atoms with Crippen molar-refractivity contribution in [2.75, 3.05) is 48.4 Å². The third-order valence-corrected chi connectivity index (χ3v) is 4.91. The number of aromatic nitrogens is 4. The molecule has 1 saturated heterocycles. The van der Waals surface area contributed by atoms with E-state index in [9.17, 15) is 4.79 Å². The molecule has 3 heterocycles. The fraction of sp³-hybridized carbons (Fsp3) is 0.500. The highest BCUT2D eigenvalue weighted by atomic mass is 16.5. The number of nitrogens with zero attached hydrogens (tertiary/aromatic N) is 5. The van der Waals surface area contributed by atoms with Crippen LogP contribution in [-0.2, 0) is 4.74 Å². The van der Waals surface area contributed by atoms with Crippen molar-refractivity contribution in [2.24, 2.45) is 5.92 Å². The Bertz CT molecular complexity index is 791. The second kappa shape index (κ2) is 8.26. The lowest BCUT2D eigenvalue weighted by atomic mass is 9.85. The van der Waals surface area contributed by atoms with Gasteiger partial charge in [-0.3, -0.25) is 4.79 Å². The van der Waals surface area contributed by atoms with Gasteiger partial charge in [0.1, 0.15) is 17.7 Å². The van der Waals surface area contributed by atoms with Gasteiger partial charge >= 0.3 is 0 Å². The second-order valence-corrected chi connectivity index (χ2v) is 6.76. The molecule has 1 aliphatic carbocycles. The number of carbonyl (C=O) groups excluding carboxylic acids is 1. The van der Waals surface area contributed by atoms with Crippen LogP contribution >= 0.6 is 0 Å². The van der Waals surface area contributed by atoms with E-state index >= 15 is 0 Å². The summed E-state index contributed by atoms with van der Waals surface area (Å²) < 4.78 is 5.38. The van der Waals surface area contributed by atoms with Gasteiger partial charge in [0.15, 0.2) is 5.82 Å². The van der Waals surface area contributed by atoms with Crippen molar-refractivity contribution in [3.8, 4) is 0 Å². The third kappa shape index (κ3) is 4.30. The standard InChI is InChI=1S/C18H23N7O2/c26-17(14-4-5-20-18(24-14)21-10-13-2-1-3-13)23-15-11-19-12-22-16(15)25-6-8-27-9-7-25/h4-5,11-13H,1-3,6-10H2,(H,23,26)(H,20,21,24). The highest BCUT2D eigenvalue weighted by Gasteiger charge is 2.20. The Morgan fingerprint density at radius 3 is 2.89 bits per heavy atom. The van der Waals surface area contributed by atoms with Gasteiger partial charge in [-0.05, 0) is 24.8 Å². The minimum absolute atomic E-state index is 0.304. The molecule has 0 aromatic carbocycles. The summed E-state index contributed by atoms with van der Waals surface area (Å²) in [5.41, 5.74) is 0.866. The lowest BCUT2D eigenvalue weighted by Gasteiger charge is -2.29. The number of amides is 1. The van der Waals surface area contributed by atoms with Crippen LogP contribution in [0.5, 0.6) is 0 Å². The van der Waals surface area contributed by atoms with E-state index in [2.05, 4.69) is 35.5 Å². The highest BCUT2D eigenvalue weighted by Crippen LogP contribution is 2.26. The van der Waals surface area contributed by atoms with E-state index in [1.54, 1.807) is 18.5 Å². The molecule has 27 heavy (non-hydrogen) atoms. The summed E-state index contributed by atoms with van der Waals surface area (Å²) in [4.78, 5) is 31.7. The van der Waals surface area contributed by atoms with E-state index in [1.807, 2.05) is 0 Å². The molecule has 9 heteroatoms. The van der Waals surface area contributed by atoms with Gasteiger partial charge in [0.2, 0.25) is 5.95 Å². The highest BCUT2D eigenvalue weighted by molar-refractivity contribution is 6.04. The number of nitrogens with one attached hydrogen (secondary N) is 2. The molecule has 0 spiro atoms. The maximum Gasteiger partial charge on any atom is 0.274 e. The van der Waals surface area contributed by atoms with Crippen molar-refractivity contribution in [1.82, 2.24) is 19.9 Å². The van der Waals surface area contributed by atoms with Crippen LogP contribution in [0.1, 0.15) is 29.8 Å². The normalized spacial score (nSPS) is 17.3. The first-order valence-corrected chi connectivity index (χ1v) is 9.30. The van der Waals surface area contributed by atoms with E-state index in [1.165, 1.54) is 25.6 Å². The number of anilines is 3. The number of hydrogen-bond donors (Lipinski definition) is 2. The molecule has 0 atom stereocenters. The summed E-state index contributed by atoms with van der Waals surface area (Å²) in [5, 5.41) is 6.09. The summed E-state index contributed by atoms with van der Waals surface area (Å²) >= 11 is 0. The number of rotatable bonds is 6.